The number of nitrogens with zero attached hydrogens (tertiary/aromatic N) is 1. The Bertz CT molecular complexity index is 501. The average Bonchev–Trinajstić information content (AvgIpc) is 2.83. The smallest absolute Gasteiger partial charge is 0.309 e. The van der Waals surface area contributed by atoms with E-state index in [0.29, 0.717) is 13.2 Å². The van der Waals surface area contributed by atoms with E-state index in [2.05, 4.69) is 30.8 Å². The Morgan fingerprint density at radius 2 is 1.24 bits per heavy atom. The zero-order valence-electron chi connectivity index (χ0n) is 23.1. The number of halogens is 1. The minimum absolute atomic E-state index is 0.188. The third-order valence-electron chi connectivity index (χ3n) is 6.61. The third-order valence-corrected chi connectivity index (χ3v) is 6.61. The Labute approximate surface area is 218 Å². The number of hydrogen-bond donors (Lipinski definition) is 0. The number of esters is 2. The van der Waals surface area contributed by atoms with Gasteiger partial charge in [-0.1, -0.05) is 79.1 Å². The van der Waals surface area contributed by atoms with Crippen LogP contribution in [0.2, 0.25) is 0 Å². The van der Waals surface area contributed by atoms with Crippen LogP contribution in [0.25, 0.3) is 0 Å². The molecule has 4 atom stereocenters. The monoisotopic (exact) mass is 582 g/mol. The second kappa shape index (κ2) is 22.0. The molecule has 0 aromatic rings. The molecule has 6 heteroatoms. The molecule has 1 aliphatic carbocycles. The fraction of sp³-hybridized carbons (Fsp3) is 0.926. The molecule has 4 unspecified atom stereocenters. The summed E-state index contributed by atoms with van der Waals surface area (Å²) in [4.78, 5) is 25.2. The van der Waals surface area contributed by atoms with Gasteiger partial charge in [-0.2, -0.15) is 0 Å². The van der Waals surface area contributed by atoms with E-state index in [-0.39, 0.29) is 23.8 Å². The number of carbonyl (C=O) groups is 2. The fourth-order valence-electron chi connectivity index (χ4n) is 4.72. The maximum absolute atomic E-state index is 12.6. The number of rotatable bonds is 16. The van der Waals surface area contributed by atoms with Crippen LogP contribution in [-0.2, 0) is 19.1 Å². The summed E-state index contributed by atoms with van der Waals surface area (Å²) in [5.41, 5.74) is 0. The van der Waals surface area contributed by atoms with Gasteiger partial charge < -0.3 is 9.47 Å². The predicted octanol–water partition coefficient (Wildman–Crippen LogP) is 8.06. The van der Waals surface area contributed by atoms with Crippen molar-refractivity contribution in [2.45, 2.75) is 118 Å². The van der Waals surface area contributed by atoms with Crippen LogP contribution < -0.4 is 0 Å². The molecule has 0 aliphatic heterocycles. The second-order valence-electron chi connectivity index (χ2n) is 9.78. The van der Waals surface area contributed by atoms with Crippen molar-refractivity contribution in [2.24, 2.45) is 26.8 Å². The number of carbonyl (C=O) groups excluding carboxylic acids is 2. The highest BCUT2D eigenvalue weighted by atomic mass is 127. The van der Waals surface area contributed by atoms with Gasteiger partial charge >= 0.3 is 11.9 Å². The van der Waals surface area contributed by atoms with Gasteiger partial charge in [-0.3, -0.25) is 12.7 Å². The Balaban J connectivity index is 0.00000251. The Morgan fingerprint density at radius 1 is 0.848 bits per heavy atom. The first-order valence-corrected chi connectivity index (χ1v) is 14.4. The summed E-state index contributed by atoms with van der Waals surface area (Å²) in [6.45, 7) is 9.98. The zero-order valence-corrected chi connectivity index (χ0v) is 24.2. The van der Waals surface area contributed by atoms with E-state index in [9.17, 15) is 9.59 Å². The van der Waals surface area contributed by atoms with Crippen molar-refractivity contribution in [1.29, 1.82) is 0.594 Å². The van der Waals surface area contributed by atoms with Crippen molar-refractivity contribution in [3.8, 4) is 0 Å². The van der Waals surface area contributed by atoms with Gasteiger partial charge in [-0.15, -0.1) is 0 Å². The molecule has 1 aliphatic rings. The molecule has 0 aromatic heterocycles. The van der Waals surface area contributed by atoms with Gasteiger partial charge in [0.1, 0.15) is 0.594 Å². The lowest BCUT2D eigenvalue weighted by Gasteiger charge is -2.28. The normalized spacial score (nSPS) is 20.6. The van der Waals surface area contributed by atoms with Gasteiger partial charge in [0.05, 0.1) is 25.0 Å². The van der Waals surface area contributed by atoms with Crippen LogP contribution in [0, 0.1) is 23.7 Å². The molecule has 1 saturated carbocycles. The number of hydrogen-bond acceptors (Lipinski definition) is 5. The summed E-state index contributed by atoms with van der Waals surface area (Å²) in [7, 11) is 1.67. The quantitative estimate of drug-likeness (QED) is 0.105. The summed E-state index contributed by atoms with van der Waals surface area (Å²) in [5.74, 6) is 0.499. The first-order chi connectivity index (χ1) is 16.4. The van der Waals surface area contributed by atoms with Crippen LogP contribution in [0.3, 0.4) is 0 Å². The number of ether oxygens (including phenoxy) is 2. The van der Waals surface area contributed by atoms with Gasteiger partial charge in [0, 0.05) is 7.05 Å². The molecule has 0 N–H and O–H groups in total. The maximum Gasteiger partial charge on any atom is 0.309 e. The van der Waals surface area contributed by atoms with Gasteiger partial charge in [0.2, 0.25) is 0 Å². The molecule has 0 heterocycles. The van der Waals surface area contributed by atoms with Crippen LogP contribution in [0.4, 0.5) is 0 Å². The predicted molar refractivity (Wildman–Crippen MR) is 147 cm³/mol. The van der Waals surface area contributed by atoms with Crippen molar-refractivity contribution >= 4 is 34.2 Å². The molecule has 0 aromatic carbocycles. The van der Waals surface area contributed by atoms with Crippen molar-refractivity contribution in [3.63, 3.8) is 0 Å². The molecular weight excluding hydrogens is 529 g/mol. The summed E-state index contributed by atoms with van der Waals surface area (Å²) in [6.07, 6.45) is 14.9. The molecule has 0 saturated heterocycles. The first-order valence-electron chi connectivity index (χ1n) is 13.8. The van der Waals surface area contributed by atoms with Gasteiger partial charge in [-0.25, -0.2) is 0 Å². The van der Waals surface area contributed by atoms with Crippen molar-refractivity contribution < 1.29 is 19.1 Å². The Morgan fingerprint density at radius 3 is 1.58 bits per heavy atom. The highest BCUT2D eigenvalue weighted by molar-refractivity contribution is 14.1. The number of unbranched alkanes of at least 4 members (excludes halogenated alkanes) is 2. The lowest BCUT2D eigenvalue weighted by Crippen LogP contribution is -2.35. The summed E-state index contributed by atoms with van der Waals surface area (Å²) < 4.78 is 21.0. The van der Waals surface area contributed by atoms with Crippen LogP contribution in [-0.4, -0.2) is 32.8 Å². The summed E-state index contributed by atoms with van der Waals surface area (Å²) in [5, 5.41) is 0. The molecule has 0 radical (unpaired) electrons. The van der Waals surface area contributed by atoms with E-state index in [1.807, 2.05) is 0 Å². The summed E-state index contributed by atoms with van der Waals surface area (Å²) in [6, 6.07) is 0. The molecule has 0 amide bonds. The van der Waals surface area contributed by atoms with Gasteiger partial charge in [-0.05, 0) is 72.6 Å². The SMILES string of the molecule is CCCC(C)CCCCOC(=O)C1CCCCC1C(=O)OCCCCC(C)CCC.[2H]I=NC. The lowest BCUT2D eigenvalue weighted by molar-refractivity contribution is -0.163. The highest BCUT2D eigenvalue weighted by Crippen LogP contribution is 2.32. The minimum Gasteiger partial charge on any atom is -0.465 e. The van der Waals surface area contributed by atoms with Crippen LogP contribution >= 0.6 is 22.2 Å². The molecule has 33 heavy (non-hydrogen) atoms. The van der Waals surface area contributed by atoms with E-state index in [4.69, 9.17) is 10.1 Å². The van der Waals surface area contributed by atoms with Crippen molar-refractivity contribution in [2.75, 3.05) is 20.3 Å². The van der Waals surface area contributed by atoms with Crippen molar-refractivity contribution in [3.05, 3.63) is 0 Å². The largest absolute Gasteiger partial charge is 0.465 e. The minimum atomic E-state index is -0.514. The van der Waals surface area contributed by atoms with Crippen molar-refractivity contribution in [1.82, 2.24) is 0 Å². The second-order valence-corrected chi connectivity index (χ2v) is 10.7. The van der Waals surface area contributed by atoms with Crippen LogP contribution in [0.5, 0.6) is 0 Å². The molecule has 196 valence electrons. The Kier molecular flexibility index (Phi) is 20.3. The lowest BCUT2D eigenvalue weighted by atomic mass is 9.79. The zero-order chi connectivity index (χ0) is 25.6. The first kappa shape index (κ1) is 30.5. The Hall–Kier alpha value is -0.530. The van der Waals surface area contributed by atoms with E-state index >= 15 is 0 Å². The molecule has 0 spiro atoms. The van der Waals surface area contributed by atoms with E-state index in [1.165, 1.54) is 38.5 Å². The van der Waals surface area contributed by atoms with E-state index in [1.54, 1.807) is 7.05 Å². The standard InChI is InChI=1S/C26H48O4.CH4IN/c1-5-13-21(3)15-9-11-19-29-25(27)23-17-7-8-18-24(23)26(28)30-20-12-10-16-22(4)14-6-2;1-3-2/h21-24H,5-20H2,1-4H3;2H,1H3/i;2D. The molecule has 1 fully saturated rings. The third kappa shape index (κ3) is 16.7. The molecular formula is C27H52INO4. The molecule has 1 rings (SSSR count). The van der Waals surface area contributed by atoms with Crippen LogP contribution in [0.15, 0.2) is 3.15 Å². The van der Waals surface area contributed by atoms with Gasteiger partial charge in [0.25, 0.3) is 0 Å². The molecule has 0 bridgehead atoms. The summed E-state index contributed by atoms with van der Waals surface area (Å²) >= 11 is -0.514. The van der Waals surface area contributed by atoms with Crippen LogP contribution in [0.1, 0.15) is 118 Å². The van der Waals surface area contributed by atoms with E-state index in [0.717, 1.165) is 63.2 Å². The maximum atomic E-state index is 12.6. The van der Waals surface area contributed by atoms with Gasteiger partial charge in [0.15, 0.2) is 0 Å². The van der Waals surface area contributed by atoms with E-state index < -0.39 is 22.2 Å². The average molecular weight is 583 g/mol. The topological polar surface area (TPSA) is 65.0 Å². The fourth-order valence-corrected chi connectivity index (χ4v) is 4.72. The highest BCUT2D eigenvalue weighted by Gasteiger charge is 2.37. The molecule has 5 nitrogen and oxygen atoms in total.